The Morgan fingerprint density at radius 2 is 1.74 bits per heavy atom. The lowest BCUT2D eigenvalue weighted by atomic mass is 10.1. The van der Waals surface area contributed by atoms with Gasteiger partial charge in [0.15, 0.2) is 12.3 Å². The summed E-state index contributed by atoms with van der Waals surface area (Å²) in [7, 11) is 0. The Balaban J connectivity index is 1.53. The summed E-state index contributed by atoms with van der Waals surface area (Å²) in [5.41, 5.74) is 2.22. The van der Waals surface area contributed by atoms with Gasteiger partial charge in [-0.1, -0.05) is 12.1 Å². The van der Waals surface area contributed by atoms with Crippen LogP contribution < -0.4 is 9.64 Å². The Morgan fingerprint density at radius 3 is 2.37 bits per heavy atom. The lowest BCUT2D eigenvalue weighted by Gasteiger charge is -2.35. The number of carboxylic acid groups (broad SMARTS) is 1. The molecule has 0 radical (unpaired) electrons. The Bertz CT molecular complexity index is 825. The number of aromatic carboxylic acids is 1. The predicted octanol–water partition coefficient (Wildman–Crippen LogP) is 2.12. The summed E-state index contributed by atoms with van der Waals surface area (Å²) >= 11 is 0. The molecule has 142 valence electrons. The number of rotatable bonds is 5. The number of ether oxygens (including phenoxy) is 1. The van der Waals surface area contributed by atoms with Crippen LogP contribution in [0, 0.1) is 13.8 Å². The first-order valence-corrected chi connectivity index (χ1v) is 8.86. The molecule has 2 aromatic rings. The van der Waals surface area contributed by atoms with Crippen LogP contribution in [0.4, 0.5) is 5.82 Å². The molecule has 1 N–H and O–H groups in total. The van der Waals surface area contributed by atoms with Gasteiger partial charge in [0, 0.05) is 26.2 Å². The number of aryl methyl sites for hydroxylation is 2. The number of carbonyl (C=O) groups excluding carboxylic acids is 1. The van der Waals surface area contributed by atoms with Crippen molar-refractivity contribution in [2.75, 3.05) is 37.7 Å². The third-order valence-corrected chi connectivity index (χ3v) is 4.47. The first kappa shape index (κ1) is 18.7. The van der Waals surface area contributed by atoms with E-state index >= 15 is 0 Å². The highest BCUT2D eigenvalue weighted by molar-refractivity contribution is 5.85. The summed E-state index contributed by atoms with van der Waals surface area (Å²) in [5.74, 6) is 0.220. The van der Waals surface area contributed by atoms with Crippen molar-refractivity contribution in [2.24, 2.45) is 0 Å². The molecule has 7 heteroatoms. The third-order valence-electron chi connectivity index (χ3n) is 4.47. The SMILES string of the molecule is Cc1cc(C)cc(OCC(=O)N2CCN(c3cccc(C(=O)O)n3)CC2)c1. The first-order valence-electron chi connectivity index (χ1n) is 8.86. The molecular formula is C20H23N3O4. The van der Waals surface area contributed by atoms with Crippen LogP contribution >= 0.6 is 0 Å². The monoisotopic (exact) mass is 369 g/mol. The van der Waals surface area contributed by atoms with Crippen LogP contribution in [0.1, 0.15) is 21.6 Å². The fourth-order valence-corrected chi connectivity index (χ4v) is 3.16. The molecule has 1 aliphatic rings. The third kappa shape index (κ3) is 4.75. The molecule has 1 saturated heterocycles. The molecule has 0 unspecified atom stereocenters. The van der Waals surface area contributed by atoms with Crippen LogP contribution in [0.15, 0.2) is 36.4 Å². The molecule has 0 spiro atoms. The average molecular weight is 369 g/mol. The van der Waals surface area contributed by atoms with Gasteiger partial charge in [-0.2, -0.15) is 0 Å². The van der Waals surface area contributed by atoms with Crippen LogP contribution in [0.5, 0.6) is 5.75 Å². The largest absolute Gasteiger partial charge is 0.484 e. The van der Waals surface area contributed by atoms with E-state index in [0.29, 0.717) is 37.7 Å². The number of benzene rings is 1. The van der Waals surface area contributed by atoms with Crippen molar-refractivity contribution in [1.29, 1.82) is 0 Å². The molecule has 7 nitrogen and oxygen atoms in total. The molecule has 0 saturated carbocycles. The summed E-state index contributed by atoms with van der Waals surface area (Å²) in [4.78, 5) is 31.4. The highest BCUT2D eigenvalue weighted by atomic mass is 16.5. The zero-order chi connectivity index (χ0) is 19.4. The summed E-state index contributed by atoms with van der Waals surface area (Å²) in [5, 5.41) is 9.06. The quantitative estimate of drug-likeness (QED) is 0.869. The number of piperazine rings is 1. The first-order chi connectivity index (χ1) is 12.9. The minimum atomic E-state index is -1.05. The second-order valence-electron chi connectivity index (χ2n) is 6.67. The van der Waals surface area contributed by atoms with Crippen molar-refractivity contribution in [3.8, 4) is 5.75 Å². The lowest BCUT2D eigenvalue weighted by Crippen LogP contribution is -2.50. The predicted molar refractivity (Wildman–Crippen MR) is 101 cm³/mol. The Hall–Kier alpha value is -3.09. The van der Waals surface area contributed by atoms with E-state index in [9.17, 15) is 9.59 Å². The van der Waals surface area contributed by atoms with Crippen molar-refractivity contribution in [3.63, 3.8) is 0 Å². The van der Waals surface area contributed by atoms with Crippen LogP contribution in [-0.4, -0.2) is 59.7 Å². The molecule has 1 amide bonds. The fraction of sp³-hybridized carbons (Fsp3) is 0.350. The summed E-state index contributed by atoms with van der Waals surface area (Å²) in [6.45, 7) is 6.30. The van der Waals surface area contributed by atoms with Gasteiger partial charge in [-0.3, -0.25) is 4.79 Å². The van der Waals surface area contributed by atoms with Crippen molar-refractivity contribution in [3.05, 3.63) is 53.2 Å². The Labute approximate surface area is 158 Å². The van der Waals surface area contributed by atoms with Gasteiger partial charge in [0.2, 0.25) is 0 Å². The lowest BCUT2D eigenvalue weighted by molar-refractivity contribution is -0.133. The van der Waals surface area contributed by atoms with E-state index in [1.165, 1.54) is 6.07 Å². The summed E-state index contributed by atoms with van der Waals surface area (Å²) in [6, 6.07) is 10.8. The van der Waals surface area contributed by atoms with Gasteiger partial charge in [-0.05, 0) is 49.2 Å². The summed E-state index contributed by atoms with van der Waals surface area (Å²) < 4.78 is 5.65. The topological polar surface area (TPSA) is 83.0 Å². The van der Waals surface area contributed by atoms with Crippen molar-refractivity contribution >= 4 is 17.7 Å². The van der Waals surface area contributed by atoms with E-state index in [-0.39, 0.29) is 18.2 Å². The molecule has 1 aliphatic heterocycles. The molecule has 1 aromatic carbocycles. The van der Waals surface area contributed by atoms with Crippen molar-refractivity contribution in [2.45, 2.75) is 13.8 Å². The number of anilines is 1. The number of carboxylic acids is 1. The Kier molecular flexibility index (Phi) is 5.59. The molecule has 1 fully saturated rings. The number of pyridine rings is 1. The minimum Gasteiger partial charge on any atom is -0.484 e. The number of aromatic nitrogens is 1. The molecule has 0 atom stereocenters. The van der Waals surface area contributed by atoms with Crippen LogP contribution in [0.25, 0.3) is 0 Å². The van der Waals surface area contributed by atoms with Gasteiger partial charge in [-0.25, -0.2) is 9.78 Å². The highest BCUT2D eigenvalue weighted by Crippen LogP contribution is 2.17. The minimum absolute atomic E-state index is 0.00957. The molecule has 1 aromatic heterocycles. The molecule has 2 heterocycles. The van der Waals surface area contributed by atoms with Crippen LogP contribution in [0.3, 0.4) is 0 Å². The maximum Gasteiger partial charge on any atom is 0.354 e. The normalized spacial score (nSPS) is 14.1. The van der Waals surface area contributed by atoms with E-state index < -0.39 is 5.97 Å². The van der Waals surface area contributed by atoms with Crippen LogP contribution in [-0.2, 0) is 4.79 Å². The molecular weight excluding hydrogens is 346 g/mol. The van der Waals surface area contributed by atoms with Gasteiger partial charge in [-0.15, -0.1) is 0 Å². The second-order valence-corrected chi connectivity index (χ2v) is 6.67. The van der Waals surface area contributed by atoms with E-state index in [0.717, 1.165) is 11.1 Å². The average Bonchev–Trinajstić information content (AvgIpc) is 2.65. The number of hydrogen-bond acceptors (Lipinski definition) is 5. The summed E-state index contributed by atoms with van der Waals surface area (Å²) in [6.07, 6.45) is 0. The van der Waals surface area contributed by atoms with Gasteiger partial charge in [0.25, 0.3) is 5.91 Å². The molecule has 0 aliphatic carbocycles. The van der Waals surface area contributed by atoms with Gasteiger partial charge in [0.05, 0.1) is 0 Å². The molecule has 0 bridgehead atoms. The van der Waals surface area contributed by atoms with Crippen LogP contribution in [0.2, 0.25) is 0 Å². The van der Waals surface area contributed by atoms with Gasteiger partial charge >= 0.3 is 5.97 Å². The number of nitrogens with zero attached hydrogens (tertiary/aromatic N) is 3. The van der Waals surface area contributed by atoms with Gasteiger partial charge in [0.1, 0.15) is 11.6 Å². The number of carbonyl (C=O) groups is 2. The fourth-order valence-electron chi connectivity index (χ4n) is 3.16. The van der Waals surface area contributed by atoms with E-state index in [2.05, 4.69) is 11.1 Å². The highest BCUT2D eigenvalue weighted by Gasteiger charge is 2.22. The van der Waals surface area contributed by atoms with Crippen molar-refractivity contribution < 1.29 is 19.4 Å². The van der Waals surface area contributed by atoms with E-state index in [1.807, 2.05) is 30.9 Å². The maximum atomic E-state index is 12.4. The second kappa shape index (κ2) is 8.07. The van der Waals surface area contributed by atoms with E-state index in [4.69, 9.17) is 9.84 Å². The van der Waals surface area contributed by atoms with E-state index in [1.54, 1.807) is 17.0 Å². The smallest absolute Gasteiger partial charge is 0.354 e. The number of hydrogen-bond donors (Lipinski definition) is 1. The zero-order valence-electron chi connectivity index (χ0n) is 15.5. The zero-order valence-corrected chi connectivity index (χ0v) is 15.5. The maximum absolute atomic E-state index is 12.4. The molecule has 3 rings (SSSR count). The number of amides is 1. The van der Waals surface area contributed by atoms with Crippen molar-refractivity contribution in [1.82, 2.24) is 9.88 Å². The standard InChI is InChI=1S/C20H23N3O4/c1-14-10-15(2)12-16(11-14)27-13-19(24)23-8-6-22(7-9-23)18-5-3-4-17(21-18)20(25)26/h3-5,10-12H,6-9,13H2,1-2H3,(H,25,26). The Morgan fingerprint density at radius 1 is 1.07 bits per heavy atom. The molecule has 27 heavy (non-hydrogen) atoms. The van der Waals surface area contributed by atoms with Gasteiger partial charge < -0.3 is 19.6 Å².